The van der Waals surface area contributed by atoms with E-state index in [1.165, 1.54) is 18.2 Å². The van der Waals surface area contributed by atoms with Crippen molar-refractivity contribution in [3.63, 3.8) is 0 Å². The van der Waals surface area contributed by atoms with Gasteiger partial charge in [0.05, 0.1) is 17.2 Å². The number of rotatable bonds is 8. The van der Waals surface area contributed by atoms with Gasteiger partial charge in [-0.05, 0) is 73.4 Å². The average Bonchev–Trinajstić information content (AvgIpc) is 3.14. The van der Waals surface area contributed by atoms with Gasteiger partial charge in [-0.25, -0.2) is 4.99 Å². The van der Waals surface area contributed by atoms with Crippen molar-refractivity contribution in [2.75, 3.05) is 13.2 Å². The van der Waals surface area contributed by atoms with Gasteiger partial charge in [-0.2, -0.15) is 0 Å². The number of ether oxygens (including phenoxy) is 2. The molecule has 1 saturated heterocycles. The summed E-state index contributed by atoms with van der Waals surface area (Å²) in [5, 5.41) is 0.720. The van der Waals surface area contributed by atoms with Gasteiger partial charge in [-0.15, -0.1) is 0 Å². The van der Waals surface area contributed by atoms with E-state index in [9.17, 15) is 9.59 Å². The van der Waals surface area contributed by atoms with E-state index in [4.69, 9.17) is 20.2 Å². The van der Waals surface area contributed by atoms with Crippen LogP contribution in [-0.2, 0) is 9.59 Å². The van der Waals surface area contributed by atoms with E-state index in [-0.39, 0.29) is 18.6 Å². The lowest BCUT2D eigenvalue weighted by Crippen LogP contribution is -2.44. The molecule has 8 heteroatoms. The number of carbonyl (C=O) groups excluding carboxylic acids is 2. The van der Waals surface area contributed by atoms with Crippen LogP contribution < -0.4 is 15.2 Å². The van der Waals surface area contributed by atoms with E-state index < -0.39 is 5.91 Å². The SMILES string of the molecule is CCOc1cc(/C=C2\SC(=Nc3ccccc3)N([C@@H]3CCCC[C@@H]3C)C2=O)ccc1OCC(N)=O. The second kappa shape index (κ2) is 11.4. The van der Waals surface area contributed by atoms with Crippen molar-refractivity contribution < 1.29 is 19.1 Å². The molecule has 2 aromatic carbocycles. The van der Waals surface area contributed by atoms with Gasteiger partial charge in [0.15, 0.2) is 23.3 Å². The Morgan fingerprint density at radius 3 is 2.63 bits per heavy atom. The Hall–Kier alpha value is -3.26. The van der Waals surface area contributed by atoms with Crippen molar-refractivity contribution in [3.8, 4) is 11.5 Å². The molecule has 1 aliphatic carbocycles. The number of benzene rings is 2. The third-order valence-electron chi connectivity index (χ3n) is 6.15. The predicted molar refractivity (Wildman–Crippen MR) is 140 cm³/mol. The number of para-hydroxylation sites is 1. The van der Waals surface area contributed by atoms with Gasteiger partial charge in [-0.3, -0.25) is 14.5 Å². The number of aliphatic imine (C=N–C) groups is 1. The third kappa shape index (κ3) is 6.06. The van der Waals surface area contributed by atoms with E-state index in [0.29, 0.717) is 28.9 Å². The van der Waals surface area contributed by atoms with E-state index in [2.05, 4.69) is 6.92 Å². The van der Waals surface area contributed by atoms with Crippen molar-refractivity contribution in [1.82, 2.24) is 4.90 Å². The highest BCUT2D eigenvalue weighted by Gasteiger charge is 2.41. The lowest BCUT2D eigenvalue weighted by atomic mass is 9.85. The normalized spacial score (nSPS) is 22.6. The topological polar surface area (TPSA) is 94.2 Å². The summed E-state index contributed by atoms with van der Waals surface area (Å²) in [6, 6.07) is 15.2. The van der Waals surface area contributed by atoms with Crippen LogP contribution in [0, 0.1) is 5.92 Å². The molecule has 2 N–H and O–H groups in total. The minimum Gasteiger partial charge on any atom is -0.490 e. The highest BCUT2D eigenvalue weighted by Crippen LogP contribution is 2.40. The van der Waals surface area contributed by atoms with E-state index in [1.807, 2.05) is 54.3 Å². The Balaban J connectivity index is 1.67. The summed E-state index contributed by atoms with van der Waals surface area (Å²) in [7, 11) is 0. The van der Waals surface area contributed by atoms with Crippen molar-refractivity contribution in [1.29, 1.82) is 0 Å². The van der Waals surface area contributed by atoms with Crippen LogP contribution in [0.25, 0.3) is 6.08 Å². The molecule has 0 radical (unpaired) electrons. The summed E-state index contributed by atoms with van der Waals surface area (Å²) in [6.07, 6.45) is 6.27. The first-order valence-corrected chi connectivity index (χ1v) is 12.8. The monoisotopic (exact) mass is 493 g/mol. The molecule has 35 heavy (non-hydrogen) atoms. The van der Waals surface area contributed by atoms with Crippen LogP contribution in [0.5, 0.6) is 11.5 Å². The van der Waals surface area contributed by atoms with Crippen LogP contribution in [0.3, 0.4) is 0 Å². The predicted octanol–water partition coefficient (Wildman–Crippen LogP) is 5.13. The molecule has 2 aromatic rings. The van der Waals surface area contributed by atoms with Gasteiger partial charge in [0, 0.05) is 6.04 Å². The van der Waals surface area contributed by atoms with E-state index in [0.717, 1.165) is 35.7 Å². The zero-order valence-corrected chi connectivity index (χ0v) is 20.9. The fourth-order valence-corrected chi connectivity index (χ4v) is 5.50. The number of thioether (sulfide) groups is 1. The number of amidine groups is 1. The minimum absolute atomic E-state index is 0.0181. The Bertz CT molecular complexity index is 1130. The highest BCUT2D eigenvalue weighted by atomic mass is 32.2. The molecular formula is C27H31N3O4S. The number of carbonyl (C=O) groups is 2. The Kier molecular flexibility index (Phi) is 8.13. The number of hydrogen-bond donors (Lipinski definition) is 1. The zero-order valence-electron chi connectivity index (χ0n) is 20.1. The van der Waals surface area contributed by atoms with Gasteiger partial charge < -0.3 is 15.2 Å². The molecule has 0 unspecified atom stereocenters. The molecule has 2 atom stereocenters. The molecule has 184 valence electrons. The van der Waals surface area contributed by atoms with E-state index in [1.54, 1.807) is 12.1 Å². The molecule has 2 amide bonds. The number of amides is 2. The van der Waals surface area contributed by atoms with Gasteiger partial charge in [-0.1, -0.05) is 44.0 Å². The van der Waals surface area contributed by atoms with Crippen LogP contribution in [0.4, 0.5) is 5.69 Å². The summed E-state index contributed by atoms with van der Waals surface area (Å²) < 4.78 is 11.2. The van der Waals surface area contributed by atoms with Crippen molar-refractivity contribution >= 4 is 40.5 Å². The molecule has 1 aliphatic heterocycles. The summed E-state index contributed by atoms with van der Waals surface area (Å²) in [5.74, 6) is 0.765. The number of hydrogen-bond acceptors (Lipinski definition) is 6. The largest absolute Gasteiger partial charge is 0.490 e. The highest BCUT2D eigenvalue weighted by molar-refractivity contribution is 8.18. The molecule has 0 bridgehead atoms. The fourth-order valence-electron chi connectivity index (χ4n) is 4.45. The molecule has 4 rings (SSSR count). The van der Waals surface area contributed by atoms with E-state index >= 15 is 0 Å². The molecule has 1 saturated carbocycles. The standard InChI is InChI=1S/C27H31N3O4S/c1-3-33-23-15-19(13-14-22(23)34-17-25(28)31)16-24-26(32)30(21-12-8-7-9-18(21)2)27(35-24)29-20-10-5-4-6-11-20/h4-6,10-11,13-16,18,21H,3,7-9,12,17H2,1-2H3,(H2,28,31)/b24-16-,29-27?/t18-,21+/m0/s1. The molecule has 2 fully saturated rings. The van der Waals surface area contributed by atoms with Crippen molar-refractivity contribution in [3.05, 3.63) is 59.0 Å². The molecular weight excluding hydrogens is 462 g/mol. The van der Waals surface area contributed by atoms with Gasteiger partial charge in [0.2, 0.25) is 0 Å². The molecule has 0 aromatic heterocycles. The number of primary amides is 1. The first kappa shape index (κ1) is 24.9. The van der Waals surface area contributed by atoms with Crippen LogP contribution in [0.15, 0.2) is 58.4 Å². The van der Waals surface area contributed by atoms with Gasteiger partial charge >= 0.3 is 0 Å². The fraction of sp³-hybridized carbons (Fsp3) is 0.370. The first-order chi connectivity index (χ1) is 17.0. The summed E-state index contributed by atoms with van der Waals surface area (Å²) in [6.45, 7) is 4.29. The maximum absolute atomic E-state index is 13.7. The quantitative estimate of drug-likeness (QED) is 0.515. The second-order valence-electron chi connectivity index (χ2n) is 8.74. The minimum atomic E-state index is -0.561. The summed E-state index contributed by atoms with van der Waals surface area (Å²) in [4.78, 5) is 32.1. The maximum Gasteiger partial charge on any atom is 0.267 e. The van der Waals surface area contributed by atoms with Crippen molar-refractivity contribution in [2.45, 2.75) is 45.6 Å². The first-order valence-electron chi connectivity index (χ1n) is 12.0. The Morgan fingerprint density at radius 1 is 1.14 bits per heavy atom. The molecule has 2 aliphatic rings. The average molecular weight is 494 g/mol. The zero-order chi connectivity index (χ0) is 24.8. The van der Waals surface area contributed by atoms with Crippen LogP contribution in [-0.4, -0.2) is 41.1 Å². The van der Waals surface area contributed by atoms with Gasteiger partial charge in [0.25, 0.3) is 11.8 Å². The van der Waals surface area contributed by atoms with Crippen molar-refractivity contribution in [2.24, 2.45) is 16.6 Å². The maximum atomic E-state index is 13.7. The number of nitrogens with two attached hydrogens (primary N) is 1. The smallest absolute Gasteiger partial charge is 0.267 e. The molecule has 1 heterocycles. The Labute approximate surface area is 210 Å². The van der Waals surface area contributed by atoms with Crippen LogP contribution in [0.1, 0.15) is 45.1 Å². The number of nitrogens with zero attached hydrogens (tertiary/aromatic N) is 2. The Morgan fingerprint density at radius 2 is 1.91 bits per heavy atom. The molecule has 7 nitrogen and oxygen atoms in total. The van der Waals surface area contributed by atoms with Crippen LogP contribution >= 0.6 is 11.8 Å². The summed E-state index contributed by atoms with van der Waals surface area (Å²) in [5.41, 5.74) is 6.83. The lowest BCUT2D eigenvalue weighted by molar-refractivity contribution is -0.125. The second-order valence-corrected chi connectivity index (χ2v) is 9.75. The van der Waals surface area contributed by atoms with Gasteiger partial charge in [0.1, 0.15) is 0 Å². The lowest BCUT2D eigenvalue weighted by Gasteiger charge is -2.35. The molecule has 0 spiro atoms. The summed E-state index contributed by atoms with van der Waals surface area (Å²) >= 11 is 1.40. The third-order valence-corrected chi connectivity index (χ3v) is 7.13. The van der Waals surface area contributed by atoms with Crippen LogP contribution in [0.2, 0.25) is 0 Å².